The van der Waals surface area contributed by atoms with E-state index >= 15 is 0 Å². The SMILES string of the molecule is CC1CN=C(N(C)C)CC(N(C)CCc2ccc(O)c(O)c2)=N1.CC1CN=C(N)CC(=NCCc2ccc(O)c(O)c2)N1.CC1CN=C(N)CC(N(C)CCc2ccc(O)c(O)c2)=N1.CC1N=C(N(C)C)CC(N(C)CCc2cccc3c2OCO3)=NC1C.CC1N=C(N)CC(=NCCc2ccc(O)c(O)c2)NC1C.CC1N=C(N)CC(N(C)CCc2cccc3c2OCO3)=NC1C. The molecule has 8 aliphatic rings. The van der Waals surface area contributed by atoms with Crippen molar-refractivity contribution in [3.8, 4) is 69.0 Å². The third-order valence-corrected chi connectivity index (χ3v) is 23.4. The minimum Gasteiger partial charge on any atom is -0.504 e. The van der Waals surface area contributed by atoms with Gasteiger partial charge in [-0.3, -0.25) is 59.9 Å². The zero-order valence-corrected chi connectivity index (χ0v) is 80.4. The molecule has 36 heteroatoms. The van der Waals surface area contributed by atoms with Gasteiger partial charge < -0.3 is 123 Å². The number of phenolic OH excluding ortho intramolecular Hbond substituents is 8. The average molecular weight is 1840 g/mol. The molecule has 6 aromatic carbocycles. The largest absolute Gasteiger partial charge is 0.504 e. The molecule has 14 rings (SSSR count). The molecule has 0 saturated carbocycles. The van der Waals surface area contributed by atoms with Gasteiger partial charge in [-0.1, -0.05) is 48.5 Å². The normalized spacial score (nSPS) is 21.2. The number of phenols is 8. The lowest BCUT2D eigenvalue weighted by atomic mass is 10.1. The number of para-hydroxylation sites is 2. The Kier molecular flexibility index (Phi) is 39.0. The van der Waals surface area contributed by atoms with Gasteiger partial charge in [0.15, 0.2) is 69.0 Å². The first-order valence-electron chi connectivity index (χ1n) is 45.5. The summed E-state index contributed by atoms with van der Waals surface area (Å²) >= 11 is 0. The van der Waals surface area contributed by atoms with Crippen molar-refractivity contribution in [2.45, 2.75) is 194 Å². The van der Waals surface area contributed by atoms with Gasteiger partial charge in [0.2, 0.25) is 13.6 Å². The molecule has 133 heavy (non-hydrogen) atoms. The molecule has 0 spiro atoms. The summed E-state index contributed by atoms with van der Waals surface area (Å²) < 4.78 is 22.1. The molecule has 0 aromatic heterocycles. The van der Waals surface area contributed by atoms with Crippen molar-refractivity contribution in [2.75, 3.05) is 129 Å². The molecule has 6 aromatic rings. The second kappa shape index (κ2) is 50.3. The quantitative estimate of drug-likeness (QED) is 0.0357. The number of nitrogens with zero attached hydrogens (tertiary/aromatic N) is 18. The smallest absolute Gasteiger partial charge is 0.231 e. The van der Waals surface area contributed by atoms with E-state index in [1.807, 2.05) is 98.3 Å². The second-order valence-electron chi connectivity index (χ2n) is 35.1. The van der Waals surface area contributed by atoms with Gasteiger partial charge in [-0.05, 0) is 195 Å². The van der Waals surface area contributed by atoms with Crippen LogP contribution in [0.25, 0.3) is 0 Å². The highest BCUT2D eigenvalue weighted by molar-refractivity contribution is 6.06. The topological polar surface area (TPSA) is 495 Å². The third kappa shape index (κ3) is 32.8. The van der Waals surface area contributed by atoms with E-state index in [1.54, 1.807) is 42.5 Å². The summed E-state index contributed by atoms with van der Waals surface area (Å²) in [7, 11) is 16.3. The van der Waals surface area contributed by atoms with Crippen molar-refractivity contribution >= 4 is 70.0 Å². The molecular formula is C97H142N24O12. The van der Waals surface area contributed by atoms with Crippen LogP contribution in [0.5, 0.6) is 69.0 Å². The Bertz CT molecular complexity index is 5260. The number of aromatic hydroxyl groups is 8. The van der Waals surface area contributed by atoms with Crippen LogP contribution in [0.4, 0.5) is 0 Å². The number of rotatable bonds is 18. The van der Waals surface area contributed by atoms with Crippen molar-refractivity contribution < 1.29 is 59.8 Å². The highest BCUT2D eigenvalue weighted by Crippen LogP contribution is 2.38. The van der Waals surface area contributed by atoms with Gasteiger partial charge >= 0.3 is 0 Å². The van der Waals surface area contributed by atoms with Crippen LogP contribution in [0, 0.1) is 0 Å². The summed E-state index contributed by atoms with van der Waals surface area (Å²) in [6.45, 7) is 25.7. The molecular weight excluding hydrogens is 1690 g/mol. The summed E-state index contributed by atoms with van der Waals surface area (Å²) in [5.41, 5.74) is 29.6. The summed E-state index contributed by atoms with van der Waals surface area (Å²) in [4.78, 5) is 67.6. The minimum atomic E-state index is -0.109. The van der Waals surface area contributed by atoms with E-state index < -0.39 is 0 Å². The molecule has 36 nitrogen and oxygen atoms in total. The first-order valence-corrected chi connectivity index (χ1v) is 45.5. The molecule has 0 saturated heterocycles. The monoisotopic (exact) mass is 1840 g/mol. The van der Waals surface area contributed by atoms with Crippen LogP contribution in [0.2, 0.25) is 0 Å². The maximum Gasteiger partial charge on any atom is 0.231 e. The average Bonchev–Trinajstić information content (AvgIpc) is 1.70. The zero-order valence-electron chi connectivity index (χ0n) is 80.4. The van der Waals surface area contributed by atoms with Crippen LogP contribution in [-0.2, 0) is 38.5 Å². The van der Waals surface area contributed by atoms with Crippen LogP contribution in [0.3, 0.4) is 0 Å². The maximum absolute atomic E-state index is 9.57. The fourth-order valence-corrected chi connectivity index (χ4v) is 14.7. The maximum atomic E-state index is 9.57. The van der Waals surface area contributed by atoms with E-state index in [0.717, 1.165) is 169 Å². The molecule has 722 valence electrons. The van der Waals surface area contributed by atoms with E-state index in [0.29, 0.717) is 102 Å². The Morgan fingerprint density at radius 2 is 0.684 bits per heavy atom. The predicted molar refractivity (Wildman–Crippen MR) is 534 cm³/mol. The number of benzene rings is 6. The van der Waals surface area contributed by atoms with Crippen molar-refractivity contribution in [1.29, 1.82) is 0 Å². The van der Waals surface area contributed by atoms with E-state index in [9.17, 15) is 40.9 Å². The molecule has 9 atom stereocenters. The number of fused-ring (bicyclic) bond motifs is 2. The van der Waals surface area contributed by atoms with Crippen LogP contribution >= 0.6 is 0 Å². The molecule has 0 amide bonds. The lowest BCUT2D eigenvalue weighted by molar-refractivity contribution is 0.173. The van der Waals surface area contributed by atoms with Crippen LogP contribution in [-0.4, -0.2) is 324 Å². The van der Waals surface area contributed by atoms with Crippen LogP contribution in [0.15, 0.2) is 169 Å². The first-order chi connectivity index (χ1) is 63.3. The van der Waals surface area contributed by atoms with Crippen molar-refractivity contribution in [3.63, 3.8) is 0 Å². The number of aliphatic imine (C=N–C) groups is 12. The lowest BCUT2D eigenvalue weighted by Crippen LogP contribution is -2.37. The molecule has 18 N–H and O–H groups in total. The first kappa shape index (κ1) is 103. The Hall–Kier alpha value is -13.4. The fourth-order valence-electron chi connectivity index (χ4n) is 14.7. The summed E-state index contributed by atoms with van der Waals surface area (Å²) in [6.07, 6.45) is 8.40. The standard InChI is InChI=1S/C19H28N4O2.C17H24N4O2.C17H26N4O2.2C15H22N4O2.C14H20N4O2/c1-13-14(2)21-18(11-17(20-13)22(3)4)23(5)10-9-15-7-6-8-16-19(15)25-12-24-16;1-11-12(2)20-16(9-15(18)19-11)21(3)8-7-13-5-4-6-14-17(13)23-10-22-14;1-12-11-18-16(20(2)3)10-17(19-12)21(4)8-7-13-5-6-14(22)15(23)9-13;1-10-9-17-14(16)8-15(18-10)19(2)6-5-11-3-4-12(20)13(21)7-11;1-9-10(2)19-15(8-14(16)18-9)17-6-5-11-3-4-12(20)13(21)7-11;1-9-8-17-13(15)7-14(18-9)16-5-4-10-2-3-11(19)12(20)6-10/h6-8,13-14H,9-12H2,1-5H3;4-6,11-12H,7-10H2,1-3H3,(H2,18,19);5-6,9,12,22-23H,7-8,10-11H2,1-4H3;3-4,7,10,20-21H,5-6,8-9H2,1-2H3,(H2,16,17);3-4,7,9-10,20-21H,5-6,8H2,1-2H3,(H2,16,18)(H,17,19);2-3,6,9,19-20H,4-5,7-8H2,1H3,(H2,15,17)(H,16,18). The van der Waals surface area contributed by atoms with E-state index in [2.05, 4.69) is 143 Å². The van der Waals surface area contributed by atoms with Gasteiger partial charge in [0.25, 0.3) is 0 Å². The highest BCUT2D eigenvalue weighted by Gasteiger charge is 2.27. The fraction of sp³-hybridized carbons (Fsp3) is 0.505. The van der Waals surface area contributed by atoms with E-state index in [1.165, 1.54) is 29.8 Å². The number of likely N-dealkylation sites (N-methyl/N-ethyl adjacent to an activating group) is 4. The third-order valence-electron chi connectivity index (χ3n) is 23.4. The van der Waals surface area contributed by atoms with Gasteiger partial charge in [-0.25, -0.2) is 0 Å². The summed E-state index contributed by atoms with van der Waals surface area (Å²) in [5.74, 6) is 13.0. The van der Waals surface area contributed by atoms with Gasteiger partial charge in [0.05, 0.1) is 100 Å². The van der Waals surface area contributed by atoms with Gasteiger partial charge in [-0.2, -0.15) is 0 Å². The van der Waals surface area contributed by atoms with Crippen LogP contribution < -0.4 is 52.5 Å². The number of hydrogen-bond acceptors (Lipinski definition) is 34. The number of nitrogens with one attached hydrogen (secondary N) is 2. The number of hydrogen-bond donors (Lipinski definition) is 14. The van der Waals surface area contributed by atoms with Crippen molar-refractivity contribution in [1.82, 2.24) is 40.0 Å². The van der Waals surface area contributed by atoms with E-state index in [4.69, 9.17) is 61.9 Å². The summed E-state index contributed by atoms with van der Waals surface area (Å²) in [5, 5.41) is 81.8. The number of nitrogens with two attached hydrogens (primary N) is 4. The number of ether oxygens (including phenoxy) is 4. The molecule has 0 fully saturated rings. The Balaban J connectivity index is 0.000000180. The second-order valence-corrected chi connectivity index (χ2v) is 35.1. The number of amidine groups is 12. The molecule has 0 aliphatic carbocycles. The summed E-state index contributed by atoms with van der Waals surface area (Å²) in [6, 6.07) is 33.1. The van der Waals surface area contributed by atoms with Gasteiger partial charge in [0, 0.05) is 108 Å². The predicted octanol–water partition coefficient (Wildman–Crippen LogP) is 9.04. The molecule has 0 radical (unpaired) electrons. The Labute approximate surface area is 783 Å². The Morgan fingerprint density at radius 3 is 1.14 bits per heavy atom. The van der Waals surface area contributed by atoms with Crippen molar-refractivity contribution in [3.05, 3.63) is 143 Å². The zero-order chi connectivity index (χ0) is 96.7. The minimum absolute atomic E-state index is 0.0763. The molecule has 8 heterocycles. The van der Waals surface area contributed by atoms with Gasteiger partial charge in [0.1, 0.15) is 70.0 Å². The lowest BCUT2D eigenvalue weighted by Gasteiger charge is -2.23. The van der Waals surface area contributed by atoms with Gasteiger partial charge in [-0.15, -0.1) is 0 Å². The molecule has 9 unspecified atom stereocenters. The van der Waals surface area contributed by atoms with Crippen LogP contribution in [0.1, 0.15) is 134 Å². The van der Waals surface area contributed by atoms with E-state index in [-0.39, 0.29) is 100 Å². The molecule has 0 bridgehead atoms. The molecule has 8 aliphatic heterocycles. The highest BCUT2D eigenvalue weighted by atomic mass is 16.7. The van der Waals surface area contributed by atoms with Crippen molar-refractivity contribution in [2.24, 2.45) is 82.8 Å². The Morgan fingerprint density at radius 1 is 0.338 bits per heavy atom.